The Labute approximate surface area is 171 Å². The molecule has 0 aliphatic carbocycles. The van der Waals surface area contributed by atoms with Gasteiger partial charge in [0.05, 0.1) is 17.0 Å². The van der Waals surface area contributed by atoms with E-state index in [-0.39, 0.29) is 17.1 Å². The van der Waals surface area contributed by atoms with E-state index in [0.29, 0.717) is 28.1 Å². The zero-order chi connectivity index (χ0) is 20.0. The molecule has 1 atom stereocenters. The normalized spacial score (nSPS) is 15.7. The maximum Gasteiger partial charge on any atom is 0.291 e. The summed E-state index contributed by atoms with van der Waals surface area (Å²) in [5.41, 5.74) is 2.22. The molecule has 3 heterocycles. The Kier molecular flexibility index (Phi) is 4.18. The molecule has 2 aromatic carbocycles. The van der Waals surface area contributed by atoms with Crippen LogP contribution < -0.4 is 5.43 Å². The van der Waals surface area contributed by atoms with E-state index in [1.165, 1.54) is 0 Å². The molecule has 0 unspecified atom stereocenters. The molecule has 0 saturated heterocycles. The average Bonchev–Trinajstić information content (AvgIpc) is 3.02. The van der Waals surface area contributed by atoms with Crippen LogP contribution in [0.1, 0.15) is 33.3 Å². The number of hydrogen-bond donors (Lipinski definition) is 0. The topological polar surface area (TPSA) is 63.4 Å². The van der Waals surface area contributed by atoms with Crippen LogP contribution >= 0.6 is 11.6 Å². The molecule has 2 aromatic heterocycles. The van der Waals surface area contributed by atoms with Gasteiger partial charge in [0.2, 0.25) is 5.76 Å². The van der Waals surface area contributed by atoms with Crippen molar-refractivity contribution < 1.29 is 9.21 Å². The lowest BCUT2D eigenvalue weighted by Gasteiger charge is -2.25. The molecule has 6 heteroatoms. The maximum absolute atomic E-state index is 13.4. The first-order valence-corrected chi connectivity index (χ1v) is 9.52. The molecule has 29 heavy (non-hydrogen) atoms. The Morgan fingerprint density at radius 3 is 2.52 bits per heavy atom. The number of nitrogens with zero attached hydrogens (tertiary/aromatic N) is 2. The van der Waals surface area contributed by atoms with Crippen LogP contribution in [0.4, 0.5) is 0 Å². The fourth-order valence-corrected chi connectivity index (χ4v) is 4.00. The third-order valence-corrected chi connectivity index (χ3v) is 5.38. The van der Waals surface area contributed by atoms with Crippen LogP contribution in [0.3, 0.4) is 0 Å². The third kappa shape index (κ3) is 2.91. The van der Waals surface area contributed by atoms with Gasteiger partial charge in [-0.15, -0.1) is 0 Å². The maximum atomic E-state index is 13.4. The van der Waals surface area contributed by atoms with E-state index in [1.807, 2.05) is 42.5 Å². The highest BCUT2D eigenvalue weighted by Gasteiger charge is 2.42. The Morgan fingerprint density at radius 2 is 1.76 bits per heavy atom. The number of benzene rings is 2. The van der Waals surface area contributed by atoms with Crippen LogP contribution in [0.5, 0.6) is 0 Å². The van der Waals surface area contributed by atoms with Gasteiger partial charge in [0.15, 0.2) is 5.43 Å². The summed E-state index contributed by atoms with van der Waals surface area (Å²) in [6, 6.07) is 17.6. The van der Waals surface area contributed by atoms with Gasteiger partial charge >= 0.3 is 0 Å². The summed E-state index contributed by atoms with van der Waals surface area (Å²) in [7, 11) is 0. The third-order valence-electron chi connectivity index (χ3n) is 5.15. The standard InChI is InChI=1S/C23H15ClN2O3/c24-16-6-7-18-17(12-16)21(27)19-20(15-8-10-25-11-9-15)26(23(28)22(19)29-18)13-14-4-2-1-3-5-14/h1-12,20H,13H2/t20-/m0/s1. The SMILES string of the molecule is O=C1c2oc3ccc(Cl)cc3c(=O)c2[C@H](c2ccncc2)N1Cc1ccccc1. The van der Waals surface area contributed by atoms with Crippen molar-refractivity contribution in [3.05, 3.63) is 111 Å². The largest absolute Gasteiger partial charge is 0.450 e. The van der Waals surface area contributed by atoms with Crippen molar-refractivity contribution in [1.29, 1.82) is 0 Å². The fraction of sp³-hybridized carbons (Fsp3) is 0.0870. The Bertz CT molecular complexity index is 1290. The van der Waals surface area contributed by atoms with Gasteiger partial charge in [-0.05, 0) is 41.5 Å². The van der Waals surface area contributed by atoms with Crippen molar-refractivity contribution in [3.8, 4) is 0 Å². The lowest BCUT2D eigenvalue weighted by molar-refractivity contribution is 0.0714. The minimum Gasteiger partial charge on any atom is -0.450 e. The molecule has 1 aliphatic heterocycles. The molecule has 0 radical (unpaired) electrons. The number of aromatic nitrogens is 1. The first kappa shape index (κ1) is 17.6. The van der Waals surface area contributed by atoms with Crippen molar-refractivity contribution in [1.82, 2.24) is 9.88 Å². The van der Waals surface area contributed by atoms with Gasteiger partial charge in [-0.2, -0.15) is 0 Å². The van der Waals surface area contributed by atoms with Gasteiger partial charge in [-0.3, -0.25) is 14.6 Å². The van der Waals surface area contributed by atoms with Crippen molar-refractivity contribution in [2.75, 3.05) is 0 Å². The van der Waals surface area contributed by atoms with E-state index < -0.39 is 6.04 Å². The molecular weight excluding hydrogens is 388 g/mol. The van der Waals surface area contributed by atoms with Crippen LogP contribution in [0, 0.1) is 0 Å². The van der Waals surface area contributed by atoms with E-state index in [2.05, 4.69) is 4.98 Å². The molecule has 0 N–H and O–H groups in total. The minimum absolute atomic E-state index is 0.0857. The van der Waals surface area contributed by atoms with Crippen molar-refractivity contribution in [3.63, 3.8) is 0 Å². The van der Waals surface area contributed by atoms with E-state index in [1.54, 1.807) is 35.5 Å². The molecule has 0 fully saturated rings. The summed E-state index contributed by atoms with van der Waals surface area (Å²) in [4.78, 5) is 32.4. The van der Waals surface area contributed by atoms with Crippen molar-refractivity contribution in [2.45, 2.75) is 12.6 Å². The van der Waals surface area contributed by atoms with Crippen molar-refractivity contribution in [2.24, 2.45) is 0 Å². The smallest absolute Gasteiger partial charge is 0.291 e. The van der Waals surface area contributed by atoms with Gasteiger partial charge in [-0.25, -0.2) is 0 Å². The summed E-state index contributed by atoms with van der Waals surface area (Å²) >= 11 is 6.09. The number of amides is 1. The zero-order valence-corrected chi connectivity index (χ0v) is 16.0. The monoisotopic (exact) mass is 402 g/mol. The number of carbonyl (C=O) groups is 1. The van der Waals surface area contributed by atoms with Crippen LogP contribution in [-0.4, -0.2) is 15.8 Å². The molecule has 0 saturated carbocycles. The van der Waals surface area contributed by atoms with Gasteiger partial charge in [0.1, 0.15) is 5.58 Å². The van der Waals surface area contributed by atoms with Crippen LogP contribution in [0.15, 0.2) is 82.3 Å². The molecule has 5 rings (SSSR count). The second-order valence-corrected chi connectivity index (χ2v) is 7.35. The Hall–Kier alpha value is -3.44. The summed E-state index contributed by atoms with van der Waals surface area (Å²) in [6.07, 6.45) is 3.30. The van der Waals surface area contributed by atoms with Crippen molar-refractivity contribution >= 4 is 28.5 Å². The van der Waals surface area contributed by atoms with Gasteiger partial charge < -0.3 is 9.32 Å². The molecule has 4 aromatic rings. The highest BCUT2D eigenvalue weighted by molar-refractivity contribution is 6.31. The summed E-state index contributed by atoms with van der Waals surface area (Å²) in [5, 5.41) is 0.806. The van der Waals surface area contributed by atoms with Gasteiger partial charge in [0, 0.05) is 24.0 Å². The number of rotatable bonds is 3. The number of pyridine rings is 1. The molecule has 0 bridgehead atoms. The first-order valence-electron chi connectivity index (χ1n) is 9.14. The van der Waals surface area contributed by atoms with E-state index >= 15 is 0 Å². The van der Waals surface area contributed by atoms with E-state index in [4.69, 9.17) is 16.0 Å². The molecule has 1 aliphatic rings. The lowest BCUT2D eigenvalue weighted by Crippen LogP contribution is -2.29. The number of hydrogen-bond acceptors (Lipinski definition) is 4. The quantitative estimate of drug-likeness (QED) is 0.503. The lowest BCUT2D eigenvalue weighted by atomic mass is 9.99. The molecule has 0 spiro atoms. The highest BCUT2D eigenvalue weighted by atomic mass is 35.5. The second kappa shape index (κ2) is 6.87. The predicted octanol–water partition coefficient (Wildman–Crippen LogP) is 4.59. The van der Waals surface area contributed by atoms with Gasteiger partial charge in [0.25, 0.3) is 5.91 Å². The number of halogens is 1. The molecule has 142 valence electrons. The number of fused-ring (bicyclic) bond motifs is 2. The highest BCUT2D eigenvalue weighted by Crippen LogP contribution is 2.39. The van der Waals surface area contributed by atoms with E-state index in [9.17, 15) is 9.59 Å². The zero-order valence-electron chi connectivity index (χ0n) is 15.2. The van der Waals surface area contributed by atoms with Crippen LogP contribution in [-0.2, 0) is 6.54 Å². The van der Waals surface area contributed by atoms with Crippen LogP contribution in [0.2, 0.25) is 5.02 Å². The minimum atomic E-state index is -0.555. The first-order chi connectivity index (χ1) is 14.1. The predicted molar refractivity (Wildman–Crippen MR) is 110 cm³/mol. The van der Waals surface area contributed by atoms with E-state index in [0.717, 1.165) is 11.1 Å². The van der Waals surface area contributed by atoms with Gasteiger partial charge in [-0.1, -0.05) is 41.9 Å². The molecular formula is C23H15ClN2O3. The molecule has 1 amide bonds. The number of carbonyl (C=O) groups excluding carboxylic acids is 1. The second-order valence-electron chi connectivity index (χ2n) is 6.92. The molecule has 5 nitrogen and oxygen atoms in total. The fourth-order valence-electron chi connectivity index (χ4n) is 3.83. The van der Waals surface area contributed by atoms with Crippen LogP contribution in [0.25, 0.3) is 11.0 Å². The Balaban J connectivity index is 1.74. The summed E-state index contributed by atoms with van der Waals surface area (Å²) in [5.74, 6) is -0.220. The summed E-state index contributed by atoms with van der Waals surface area (Å²) < 4.78 is 5.91. The Morgan fingerprint density at radius 1 is 1.00 bits per heavy atom. The average molecular weight is 403 g/mol. The summed E-state index contributed by atoms with van der Waals surface area (Å²) in [6.45, 7) is 0.355.